The topological polar surface area (TPSA) is 117 Å². The summed E-state index contributed by atoms with van der Waals surface area (Å²) in [5.74, 6) is -1.26. The zero-order chi connectivity index (χ0) is 39.9. The first-order chi connectivity index (χ1) is 26.5. The van der Waals surface area contributed by atoms with E-state index < -0.39 is 41.9 Å². The highest BCUT2D eigenvalue weighted by Crippen LogP contribution is 2.29. The number of nitrogens with one attached hydrogen (secondary N) is 2. The number of methoxy groups -OCH3 is 2. The SMILES string of the molecule is COC(=O)C(CCSC)NC(=O)c1ccc(CN(Cc2ccc(C(=O)N[C@@H](CCSC)C(O)OC)cc2)Cc2cc(F)cc(F)c2)cc1-c1ccccc1C. The third kappa shape index (κ3) is 12.9. The van der Waals surface area contributed by atoms with Gasteiger partial charge in [0.2, 0.25) is 0 Å². The quantitative estimate of drug-likeness (QED) is 0.0644. The fourth-order valence-corrected chi connectivity index (χ4v) is 7.16. The van der Waals surface area contributed by atoms with Crippen molar-refractivity contribution in [3.05, 3.63) is 130 Å². The summed E-state index contributed by atoms with van der Waals surface area (Å²) in [6.45, 7) is 2.85. The van der Waals surface area contributed by atoms with Gasteiger partial charge in [-0.1, -0.05) is 42.5 Å². The predicted octanol–water partition coefficient (Wildman–Crippen LogP) is 6.98. The standard InChI is InChI=1S/C42H49F2N3O6S2/c1-27-8-6-7-9-34(27)36-22-29(12-15-35(36)40(49)46-38(17-19-55-5)42(51)53-3)25-47(26-30-20-32(43)23-33(44)21-30)24-28-10-13-31(14-11-28)39(48)45-37(16-18-54-4)41(50)52-2/h6-15,20-23,37-38,41,50H,16-19,24-26H2,1-5H3,(H,45,48)(H,46,49)/t37-,38?,41?/m0/s1. The van der Waals surface area contributed by atoms with Gasteiger partial charge in [-0.05, 0) is 114 Å². The van der Waals surface area contributed by atoms with Crippen molar-refractivity contribution in [3.63, 3.8) is 0 Å². The van der Waals surface area contributed by atoms with Crippen molar-refractivity contribution >= 4 is 41.3 Å². The van der Waals surface area contributed by atoms with Crippen LogP contribution >= 0.6 is 23.5 Å². The third-order valence-corrected chi connectivity index (χ3v) is 10.3. The molecule has 0 aliphatic carbocycles. The molecule has 2 amide bonds. The number of nitrogens with zero attached hydrogens (tertiary/aromatic N) is 1. The van der Waals surface area contributed by atoms with Crippen LogP contribution in [0.1, 0.15) is 55.8 Å². The van der Waals surface area contributed by atoms with Crippen molar-refractivity contribution in [1.29, 1.82) is 0 Å². The lowest BCUT2D eigenvalue weighted by molar-refractivity contribution is -0.142. The Morgan fingerprint density at radius 3 is 2.00 bits per heavy atom. The van der Waals surface area contributed by atoms with Crippen molar-refractivity contribution in [3.8, 4) is 11.1 Å². The van der Waals surface area contributed by atoms with E-state index in [0.717, 1.165) is 34.1 Å². The maximum Gasteiger partial charge on any atom is 0.328 e. The zero-order valence-corrected chi connectivity index (χ0v) is 33.4. The van der Waals surface area contributed by atoms with E-state index >= 15 is 0 Å². The summed E-state index contributed by atoms with van der Waals surface area (Å²) in [5.41, 5.74) is 5.37. The molecule has 4 rings (SSSR count). The van der Waals surface area contributed by atoms with Crippen LogP contribution in [0.15, 0.2) is 84.9 Å². The van der Waals surface area contributed by atoms with Gasteiger partial charge >= 0.3 is 5.97 Å². The Morgan fingerprint density at radius 2 is 1.36 bits per heavy atom. The zero-order valence-electron chi connectivity index (χ0n) is 31.8. The Morgan fingerprint density at radius 1 is 0.745 bits per heavy atom. The summed E-state index contributed by atoms with van der Waals surface area (Å²) in [6, 6.07) is 22.3. The Balaban J connectivity index is 1.65. The van der Waals surface area contributed by atoms with Gasteiger partial charge in [-0.25, -0.2) is 13.6 Å². The molecule has 4 aromatic rings. The highest BCUT2D eigenvalue weighted by atomic mass is 32.2. The van der Waals surface area contributed by atoms with E-state index in [0.29, 0.717) is 53.9 Å². The van der Waals surface area contributed by atoms with Gasteiger partial charge in [0.05, 0.1) is 13.2 Å². The van der Waals surface area contributed by atoms with Gasteiger partial charge in [0.15, 0.2) is 6.29 Å². The van der Waals surface area contributed by atoms with E-state index in [1.807, 2.05) is 72.9 Å². The van der Waals surface area contributed by atoms with Crippen LogP contribution in [0.4, 0.5) is 8.78 Å². The predicted molar refractivity (Wildman–Crippen MR) is 216 cm³/mol. The van der Waals surface area contributed by atoms with E-state index in [1.54, 1.807) is 41.7 Å². The minimum atomic E-state index is -1.15. The van der Waals surface area contributed by atoms with Crippen LogP contribution in [0.25, 0.3) is 11.1 Å². The molecule has 0 aliphatic rings. The summed E-state index contributed by atoms with van der Waals surface area (Å²) >= 11 is 3.16. The fraction of sp³-hybridized carbons (Fsp3) is 0.357. The first kappa shape index (κ1) is 43.5. The molecule has 0 fully saturated rings. The number of ether oxygens (including phenoxy) is 2. The van der Waals surface area contributed by atoms with E-state index in [-0.39, 0.29) is 12.5 Å². The molecule has 4 aromatic carbocycles. The van der Waals surface area contributed by atoms with Crippen LogP contribution < -0.4 is 10.6 Å². The molecule has 0 aliphatic heterocycles. The molecular formula is C42H49F2N3O6S2. The van der Waals surface area contributed by atoms with Crippen LogP contribution in [0.5, 0.6) is 0 Å². The van der Waals surface area contributed by atoms with Crippen LogP contribution in [0.3, 0.4) is 0 Å². The van der Waals surface area contributed by atoms with Gasteiger partial charge in [-0.15, -0.1) is 0 Å². The highest BCUT2D eigenvalue weighted by Gasteiger charge is 2.25. The summed E-state index contributed by atoms with van der Waals surface area (Å²) in [5, 5.41) is 16.0. The van der Waals surface area contributed by atoms with Crippen molar-refractivity contribution in [1.82, 2.24) is 15.5 Å². The third-order valence-electron chi connectivity index (χ3n) is 9.06. The van der Waals surface area contributed by atoms with Gasteiger partial charge in [-0.2, -0.15) is 23.5 Å². The molecule has 0 saturated carbocycles. The molecule has 3 atom stereocenters. The Kier molecular flexibility index (Phi) is 17.2. The van der Waals surface area contributed by atoms with E-state index in [4.69, 9.17) is 9.47 Å². The number of rotatable bonds is 20. The molecule has 0 bridgehead atoms. The number of esters is 1. The number of carbonyl (C=O) groups excluding carboxylic acids is 3. The van der Waals surface area contributed by atoms with Crippen molar-refractivity contribution < 1.29 is 37.7 Å². The average Bonchev–Trinajstić information content (AvgIpc) is 3.17. The second-order valence-corrected chi connectivity index (χ2v) is 15.1. The van der Waals surface area contributed by atoms with E-state index in [2.05, 4.69) is 10.6 Å². The molecule has 55 heavy (non-hydrogen) atoms. The lowest BCUT2D eigenvalue weighted by atomic mass is 9.93. The summed E-state index contributed by atoms with van der Waals surface area (Å²) < 4.78 is 38.7. The summed E-state index contributed by atoms with van der Waals surface area (Å²) in [7, 11) is 2.68. The maximum absolute atomic E-state index is 14.3. The molecule has 13 heteroatoms. The molecule has 0 spiro atoms. The summed E-state index contributed by atoms with van der Waals surface area (Å²) in [6.07, 6.45) is 3.66. The lowest BCUT2D eigenvalue weighted by Gasteiger charge is -2.24. The molecule has 3 N–H and O–H groups in total. The molecule has 294 valence electrons. The minimum Gasteiger partial charge on any atom is -0.467 e. The number of thioether (sulfide) groups is 2. The van der Waals surface area contributed by atoms with E-state index in [9.17, 15) is 28.3 Å². The second-order valence-electron chi connectivity index (χ2n) is 13.1. The van der Waals surface area contributed by atoms with Gasteiger partial charge in [0.1, 0.15) is 17.7 Å². The number of hydrogen-bond donors (Lipinski definition) is 3. The molecule has 2 unspecified atom stereocenters. The lowest BCUT2D eigenvalue weighted by Crippen LogP contribution is -2.44. The number of hydrogen-bond acceptors (Lipinski definition) is 9. The molecule has 0 saturated heterocycles. The van der Waals surface area contributed by atoms with Crippen LogP contribution in [-0.4, -0.2) is 84.4 Å². The monoisotopic (exact) mass is 793 g/mol. The first-order valence-electron chi connectivity index (χ1n) is 17.8. The number of amides is 2. The van der Waals surface area contributed by atoms with Crippen molar-refractivity contribution in [2.24, 2.45) is 0 Å². The Bertz CT molecular complexity index is 1880. The largest absolute Gasteiger partial charge is 0.467 e. The number of benzene rings is 4. The van der Waals surface area contributed by atoms with Crippen LogP contribution in [0.2, 0.25) is 0 Å². The molecule has 0 radical (unpaired) electrons. The van der Waals surface area contributed by atoms with Gasteiger partial charge in [0.25, 0.3) is 11.8 Å². The second kappa shape index (κ2) is 21.7. The highest BCUT2D eigenvalue weighted by molar-refractivity contribution is 7.98. The minimum absolute atomic E-state index is 0.196. The van der Waals surface area contributed by atoms with Crippen molar-refractivity contribution in [2.75, 3.05) is 38.2 Å². The Labute approximate surface area is 330 Å². The van der Waals surface area contributed by atoms with Gasteiger partial charge < -0.3 is 25.2 Å². The first-order valence-corrected chi connectivity index (χ1v) is 20.6. The Hall–Kier alpha value is -4.27. The molecule has 0 aromatic heterocycles. The van der Waals surface area contributed by atoms with Crippen LogP contribution in [0, 0.1) is 18.6 Å². The fourth-order valence-electron chi connectivity index (χ4n) is 6.20. The molecular weight excluding hydrogens is 745 g/mol. The smallest absolute Gasteiger partial charge is 0.328 e. The number of carbonyl (C=O) groups is 3. The van der Waals surface area contributed by atoms with E-state index in [1.165, 1.54) is 26.4 Å². The number of aliphatic hydroxyl groups excluding tert-OH is 1. The summed E-state index contributed by atoms with van der Waals surface area (Å²) in [4.78, 5) is 41.5. The van der Waals surface area contributed by atoms with Crippen molar-refractivity contribution in [2.45, 2.75) is 57.8 Å². The average molecular weight is 794 g/mol. The number of aliphatic hydroxyl groups is 1. The number of halogens is 2. The molecule has 9 nitrogen and oxygen atoms in total. The molecule has 0 heterocycles. The van der Waals surface area contributed by atoms with Gasteiger partial charge in [-0.3, -0.25) is 14.5 Å². The maximum atomic E-state index is 14.3. The van der Waals surface area contributed by atoms with Gasteiger partial charge in [0, 0.05) is 43.9 Å². The van der Waals surface area contributed by atoms with Crippen LogP contribution in [-0.2, 0) is 33.9 Å². The number of aryl methyl sites for hydroxylation is 1. The normalized spacial score (nSPS) is 12.9.